The predicted molar refractivity (Wildman–Crippen MR) is 67.2 cm³/mol. The maximum Gasteiger partial charge on any atom is 0.136 e. The molecule has 2 saturated carbocycles. The van der Waals surface area contributed by atoms with Gasteiger partial charge in [0.25, 0.3) is 0 Å². The topological polar surface area (TPSA) is 17.1 Å². The van der Waals surface area contributed by atoms with Crippen LogP contribution < -0.4 is 0 Å². The molecule has 0 aromatic rings. The quantitative estimate of drug-likeness (QED) is 0.604. The van der Waals surface area contributed by atoms with Crippen LogP contribution in [-0.2, 0) is 4.79 Å². The number of carbonyl (C=O) groups excluding carboxylic acids is 1. The Morgan fingerprint density at radius 1 is 1.19 bits per heavy atom. The van der Waals surface area contributed by atoms with Crippen molar-refractivity contribution in [1.29, 1.82) is 0 Å². The molecule has 2 rings (SSSR count). The third-order valence-electron chi connectivity index (χ3n) is 5.60. The SMILES string of the molecule is CC1CC(C)(C)C2CCCC(=O)C2C1(C)C. The smallest absolute Gasteiger partial charge is 0.136 e. The van der Waals surface area contributed by atoms with Crippen molar-refractivity contribution in [3.63, 3.8) is 0 Å². The fourth-order valence-electron chi connectivity index (χ4n) is 4.33. The highest BCUT2D eigenvalue weighted by Crippen LogP contribution is 2.58. The third kappa shape index (κ3) is 1.63. The lowest BCUT2D eigenvalue weighted by atomic mass is 9.47. The Morgan fingerprint density at radius 3 is 2.44 bits per heavy atom. The van der Waals surface area contributed by atoms with Gasteiger partial charge in [0.2, 0.25) is 0 Å². The fourth-order valence-corrected chi connectivity index (χ4v) is 4.33. The number of hydrogen-bond acceptors (Lipinski definition) is 1. The summed E-state index contributed by atoms with van der Waals surface area (Å²) in [5, 5.41) is 0. The van der Waals surface area contributed by atoms with Crippen LogP contribution in [0.15, 0.2) is 0 Å². The summed E-state index contributed by atoms with van der Waals surface area (Å²) in [5.41, 5.74) is 0.563. The highest BCUT2D eigenvalue weighted by atomic mass is 16.1. The Labute approximate surface area is 100.0 Å². The fraction of sp³-hybridized carbons (Fsp3) is 0.933. The molecule has 16 heavy (non-hydrogen) atoms. The van der Waals surface area contributed by atoms with Crippen molar-refractivity contribution in [3.8, 4) is 0 Å². The van der Waals surface area contributed by atoms with Gasteiger partial charge in [-0.25, -0.2) is 0 Å². The van der Waals surface area contributed by atoms with Crippen molar-refractivity contribution in [2.75, 3.05) is 0 Å². The van der Waals surface area contributed by atoms with Crippen molar-refractivity contribution >= 4 is 5.78 Å². The normalized spacial score (nSPS) is 41.6. The second-order valence-corrected chi connectivity index (χ2v) is 7.36. The first-order valence-corrected chi connectivity index (χ1v) is 6.79. The molecule has 92 valence electrons. The largest absolute Gasteiger partial charge is 0.299 e. The van der Waals surface area contributed by atoms with E-state index in [1.807, 2.05) is 0 Å². The van der Waals surface area contributed by atoms with Gasteiger partial charge in [0.05, 0.1) is 0 Å². The highest BCUT2D eigenvalue weighted by Gasteiger charge is 2.54. The summed E-state index contributed by atoms with van der Waals surface area (Å²) in [6, 6.07) is 0. The molecule has 0 saturated heterocycles. The molecule has 0 aromatic carbocycles. The van der Waals surface area contributed by atoms with E-state index in [2.05, 4.69) is 34.6 Å². The van der Waals surface area contributed by atoms with Gasteiger partial charge in [-0.2, -0.15) is 0 Å². The van der Waals surface area contributed by atoms with E-state index < -0.39 is 0 Å². The van der Waals surface area contributed by atoms with Gasteiger partial charge in [-0.3, -0.25) is 4.79 Å². The molecule has 0 aliphatic heterocycles. The lowest BCUT2D eigenvalue weighted by Crippen LogP contribution is -2.53. The standard InChI is InChI=1S/C15H26O/c1-10-9-14(2,3)11-7-6-8-12(16)13(11)15(10,4)5/h10-11,13H,6-9H2,1-5H3. The number of fused-ring (bicyclic) bond motifs is 1. The summed E-state index contributed by atoms with van der Waals surface area (Å²) >= 11 is 0. The number of Topliss-reactive ketones (excluding diaryl/α,β-unsaturated/α-hetero) is 1. The zero-order valence-electron chi connectivity index (χ0n) is 11.5. The molecule has 0 heterocycles. The third-order valence-corrected chi connectivity index (χ3v) is 5.60. The monoisotopic (exact) mass is 222 g/mol. The first kappa shape index (κ1) is 12.1. The van der Waals surface area contributed by atoms with Gasteiger partial charge in [0.15, 0.2) is 0 Å². The van der Waals surface area contributed by atoms with Gasteiger partial charge in [0, 0.05) is 12.3 Å². The summed E-state index contributed by atoms with van der Waals surface area (Å²) in [6.07, 6.45) is 4.48. The van der Waals surface area contributed by atoms with Gasteiger partial charge >= 0.3 is 0 Å². The van der Waals surface area contributed by atoms with E-state index in [4.69, 9.17) is 0 Å². The molecule has 1 heteroatoms. The van der Waals surface area contributed by atoms with E-state index in [0.717, 1.165) is 12.8 Å². The second-order valence-electron chi connectivity index (χ2n) is 7.36. The molecule has 2 aliphatic carbocycles. The predicted octanol–water partition coefficient (Wildman–Crippen LogP) is 4.06. The summed E-state index contributed by atoms with van der Waals surface area (Å²) in [6.45, 7) is 11.7. The number of carbonyl (C=O) groups is 1. The minimum atomic E-state index is 0.206. The molecule has 0 radical (unpaired) electrons. The van der Waals surface area contributed by atoms with Crippen LogP contribution in [0.5, 0.6) is 0 Å². The zero-order chi connectivity index (χ0) is 12.1. The van der Waals surface area contributed by atoms with Crippen LogP contribution in [0.4, 0.5) is 0 Å². The lowest BCUT2D eigenvalue weighted by molar-refractivity contribution is -0.147. The molecule has 0 aromatic heterocycles. The molecule has 2 fully saturated rings. The molecule has 1 nitrogen and oxygen atoms in total. The Morgan fingerprint density at radius 2 is 1.81 bits per heavy atom. The van der Waals surface area contributed by atoms with Gasteiger partial charge < -0.3 is 0 Å². The average molecular weight is 222 g/mol. The highest BCUT2D eigenvalue weighted by molar-refractivity contribution is 5.83. The van der Waals surface area contributed by atoms with Crippen LogP contribution in [-0.4, -0.2) is 5.78 Å². The van der Waals surface area contributed by atoms with Gasteiger partial charge in [-0.05, 0) is 41.9 Å². The van der Waals surface area contributed by atoms with Gasteiger partial charge in [-0.1, -0.05) is 34.6 Å². The Kier molecular flexibility index (Phi) is 2.72. The molecule has 0 bridgehead atoms. The zero-order valence-corrected chi connectivity index (χ0v) is 11.5. The molecule has 3 unspecified atom stereocenters. The minimum Gasteiger partial charge on any atom is -0.299 e. The Hall–Kier alpha value is -0.330. The molecule has 0 spiro atoms. The maximum absolute atomic E-state index is 12.3. The molecular weight excluding hydrogens is 196 g/mol. The van der Waals surface area contributed by atoms with Crippen LogP contribution in [0.3, 0.4) is 0 Å². The molecule has 3 atom stereocenters. The number of rotatable bonds is 0. The van der Waals surface area contributed by atoms with Crippen LogP contribution in [0.25, 0.3) is 0 Å². The van der Waals surface area contributed by atoms with E-state index in [1.165, 1.54) is 12.8 Å². The summed E-state index contributed by atoms with van der Waals surface area (Å²) in [5.74, 6) is 2.15. The van der Waals surface area contributed by atoms with Crippen molar-refractivity contribution < 1.29 is 4.79 Å². The van der Waals surface area contributed by atoms with Crippen molar-refractivity contribution in [1.82, 2.24) is 0 Å². The van der Waals surface area contributed by atoms with Gasteiger partial charge in [-0.15, -0.1) is 0 Å². The summed E-state index contributed by atoms with van der Waals surface area (Å²) < 4.78 is 0. The van der Waals surface area contributed by atoms with Crippen molar-refractivity contribution in [2.45, 2.75) is 60.3 Å². The van der Waals surface area contributed by atoms with E-state index in [9.17, 15) is 4.79 Å². The van der Waals surface area contributed by atoms with Crippen molar-refractivity contribution in [3.05, 3.63) is 0 Å². The first-order chi connectivity index (χ1) is 7.27. The average Bonchev–Trinajstić information content (AvgIpc) is 2.14. The minimum absolute atomic E-state index is 0.206. The Bertz CT molecular complexity index is 301. The summed E-state index contributed by atoms with van der Waals surface area (Å²) in [7, 11) is 0. The van der Waals surface area contributed by atoms with Crippen LogP contribution in [0, 0.1) is 28.6 Å². The second kappa shape index (κ2) is 3.58. The Balaban J connectivity index is 2.39. The van der Waals surface area contributed by atoms with E-state index in [1.54, 1.807) is 0 Å². The molecular formula is C15H26O. The van der Waals surface area contributed by atoms with Gasteiger partial charge in [0.1, 0.15) is 5.78 Å². The first-order valence-electron chi connectivity index (χ1n) is 6.79. The molecule has 2 aliphatic rings. The van der Waals surface area contributed by atoms with Crippen LogP contribution in [0.1, 0.15) is 60.3 Å². The molecule has 0 amide bonds. The van der Waals surface area contributed by atoms with E-state index >= 15 is 0 Å². The van der Waals surface area contributed by atoms with Crippen LogP contribution >= 0.6 is 0 Å². The number of hydrogen-bond donors (Lipinski definition) is 0. The van der Waals surface area contributed by atoms with E-state index in [0.29, 0.717) is 29.0 Å². The molecule has 0 N–H and O–H groups in total. The summed E-state index contributed by atoms with van der Waals surface area (Å²) in [4.78, 5) is 12.3. The lowest BCUT2D eigenvalue weighted by Gasteiger charge is -2.56. The van der Waals surface area contributed by atoms with Crippen molar-refractivity contribution in [2.24, 2.45) is 28.6 Å². The maximum atomic E-state index is 12.3. The van der Waals surface area contributed by atoms with E-state index in [-0.39, 0.29) is 5.41 Å². The van der Waals surface area contributed by atoms with Crippen LogP contribution in [0.2, 0.25) is 0 Å². The number of ketones is 1.